The van der Waals surface area contributed by atoms with Crippen LogP contribution in [0.1, 0.15) is 0 Å². The highest BCUT2D eigenvalue weighted by Crippen LogP contribution is 2.33. The van der Waals surface area contributed by atoms with E-state index >= 15 is 0 Å². The normalized spacial score (nSPS) is 11.4. The molecule has 100 valence electrons. The molecule has 0 bridgehead atoms. The van der Waals surface area contributed by atoms with Crippen LogP contribution in [0.4, 0.5) is 13.2 Å². The number of benzene rings is 2. The predicted octanol–water partition coefficient (Wildman–Crippen LogP) is 4.61. The number of rotatable bonds is 2. The Morgan fingerprint density at radius 1 is 1.00 bits per heavy atom. The maximum absolute atomic E-state index is 12.0. The van der Waals surface area contributed by atoms with Crippen LogP contribution in [0.2, 0.25) is 5.02 Å². The number of ether oxygens (including phenoxy) is 1. The van der Waals surface area contributed by atoms with Crippen molar-refractivity contribution in [1.82, 2.24) is 0 Å². The molecule has 0 aliphatic rings. The van der Waals surface area contributed by atoms with Gasteiger partial charge in [0.05, 0.1) is 0 Å². The minimum atomic E-state index is -4.72. The van der Waals surface area contributed by atoms with E-state index in [1.165, 1.54) is 42.5 Å². The van der Waals surface area contributed by atoms with Crippen molar-refractivity contribution in [3.63, 3.8) is 0 Å². The largest absolute Gasteiger partial charge is 0.573 e. The van der Waals surface area contributed by atoms with Gasteiger partial charge in [-0.1, -0.05) is 23.7 Å². The molecule has 0 unspecified atom stereocenters. The lowest BCUT2D eigenvalue weighted by atomic mass is 10.0. The number of alkyl halides is 3. The zero-order valence-electron chi connectivity index (χ0n) is 9.41. The van der Waals surface area contributed by atoms with Crippen LogP contribution in [0, 0.1) is 0 Å². The van der Waals surface area contributed by atoms with E-state index in [0.717, 1.165) is 0 Å². The Morgan fingerprint density at radius 2 is 1.63 bits per heavy atom. The SMILES string of the molecule is Oc1ccc(Cl)cc1-c1ccc(OC(F)(F)F)cc1. The number of hydrogen-bond donors (Lipinski definition) is 1. The maximum Gasteiger partial charge on any atom is 0.573 e. The van der Waals surface area contributed by atoms with Gasteiger partial charge in [0.25, 0.3) is 0 Å². The number of phenolic OH excluding ortho intramolecular Hbond substituents is 1. The third-order valence-corrected chi connectivity index (χ3v) is 2.59. The quantitative estimate of drug-likeness (QED) is 0.874. The molecule has 0 fully saturated rings. The molecule has 0 saturated heterocycles. The predicted molar refractivity (Wildman–Crippen MR) is 65.2 cm³/mol. The van der Waals surface area contributed by atoms with Crippen LogP contribution in [0.15, 0.2) is 42.5 Å². The van der Waals surface area contributed by atoms with Crippen molar-refractivity contribution in [2.75, 3.05) is 0 Å². The summed E-state index contributed by atoms with van der Waals surface area (Å²) in [4.78, 5) is 0. The highest BCUT2D eigenvalue weighted by molar-refractivity contribution is 6.31. The summed E-state index contributed by atoms with van der Waals surface area (Å²) in [6.07, 6.45) is -4.72. The van der Waals surface area contributed by atoms with E-state index < -0.39 is 6.36 Å². The fourth-order valence-electron chi connectivity index (χ4n) is 1.58. The van der Waals surface area contributed by atoms with Crippen molar-refractivity contribution < 1.29 is 23.0 Å². The van der Waals surface area contributed by atoms with Crippen molar-refractivity contribution in [2.24, 2.45) is 0 Å². The van der Waals surface area contributed by atoms with Crippen LogP contribution in [0.5, 0.6) is 11.5 Å². The summed E-state index contributed by atoms with van der Waals surface area (Å²) in [6.45, 7) is 0. The van der Waals surface area contributed by atoms with Gasteiger partial charge in [0.1, 0.15) is 11.5 Å². The zero-order chi connectivity index (χ0) is 14.0. The molecule has 2 nitrogen and oxygen atoms in total. The molecule has 0 saturated carbocycles. The molecule has 2 aromatic rings. The van der Waals surface area contributed by atoms with Crippen molar-refractivity contribution >= 4 is 11.6 Å². The summed E-state index contributed by atoms with van der Waals surface area (Å²) in [6, 6.07) is 9.61. The third kappa shape index (κ3) is 3.54. The average Bonchev–Trinajstić information content (AvgIpc) is 2.31. The monoisotopic (exact) mass is 288 g/mol. The van der Waals surface area contributed by atoms with Gasteiger partial charge in [0.15, 0.2) is 0 Å². The van der Waals surface area contributed by atoms with Gasteiger partial charge >= 0.3 is 6.36 Å². The first kappa shape index (κ1) is 13.5. The summed E-state index contributed by atoms with van der Waals surface area (Å²) in [5.41, 5.74) is 0.973. The highest BCUT2D eigenvalue weighted by atomic mass is 35.5. The van der Waals surface area contributed by atoms with Gasteiger partial charge in [0, 0.05) is 10.6 Å². The zero-order valence-corrected chi connectivity index (χ0v) is 10.2. The summed E-state index contributed by atoms with van der Waals surface area (Å²) in [7, 11) is 0. The van der Waals surface area contributed by atoms with Gasteiger partial charge in [-0.25, -0.2) is 0 Å². The lowest BCUT2D eigenvalue weighted by Gasteiger charge is -2.10. The first-order valence-corrected chi connectivity index (χ1v) is 5.58. The summed E-state index contributed by atoms with van der Waals surface area (Å²) >= 11 is 5.80. The third-order valence-electron chi connectivity index (χ3n) is 2.36. The van der Waals surface area contributed by atoms with Crippen LogP contribution < -0.4 is 4.74 Å². The molecule has 0 aromatic heterocycles. The standard InChI is InChI=1S/C13H8ClF3O2/c14-9-3-6-12(18)11(7-9)8-1-4-10(5-2-8)19-13(15,16)17/h1-7,18H. The minimum Gasteiger partial charge on any atom is -0.507 e. The lowest BCUT2D eigenvalue weighted by Crippen LogP contribution is -2.16. The van der Waals surface area contributed by atoms with Gasteiger partial charge in [-0.15, -0.1) is 13.2 Å². The van der Waals surface area contributed by atoms with E-state index in [4.69, 9.17) is 11.6 Å². The molecule has 0 heterocycles. The number of phenols is 1. The molecular weight excluding hydrogens is 281 g/mol. The second kappa shape index (κ2) is 5.01. The summed E-state index contributed by atoms with van der Waals surface area (Å²) in [5, 5.41) is 10.1. The Morgan fingerprint density at radius 3 is 2.21 bits per heavy atom. The van der Waals surface area contributed by atoms with E-state index in [-0.39, 0.29) is 11.5 Å². The molecule has 6 heteroatoms. The number of aromatic hydroxyl groups is 1. The van der Waals surface area contributed by atoms with Gasteiger partial charge < -0.3 is 9.84 Å². The first-order valence-electron chi connectivity index (χ1n) is 5.20. The van der Waals surface area contributed by atoms with E-state index in [1.54, 1.807) is 0 Å². The fourth-order valence-corrected chi connectivity index (χ4v) is 1.75. The Bertz CT molecular complexity index is 579. The molecule has 19 heavy (non-hydrogen) atoms. The topological polar surface area (TPSA) is 29.5 Å². The second-order valence-corrected chi connectivity index (χ2v) is 4.17. The van der Waals surface area contributed by atoms with Crippen LogP contribution >= 0.6 is 11.6 Å². The van der Waals surface area contributed by atoms with Gasteiger partial charge in [-0.2, -0.15) is 0 Å². The Balaban J connectivity index is 2.30. The molecule has 0 aliphatic heterocycles. The maximum atomic E-state index is 12.0. The van der Waals surface area contributed by atoms with Crippen molar-refractivity contribution in [3.8, 4) is 22.6 Å². The van der Waals surface area contributed by atoms with E-state index in [1.807, 2.05) is 0 Å². The van der Waals surface area contributed by atoms with Crippen LogP contribution in [0.3, 0.4) is 0 Å². The molecule has 0 atom stereocenters. The van der Waals surface area contributed by atoms with Crippen molar-refractivity contribution in [2.45, 2.75) is 6.36 Å². The van der Waals surface area contributed by atoms with Crippen LogP contribution in [-0.4, -0.2) is 11.5 Å². The van der Waals surface area contributed by atoms with E-state index in [9.17, 15) is 18.3 Å². The highest BCUT2D eigenvalue weighted by Gasteiger charge is 2.30. The molecule has 2 aromatic carbocycles. The molecule has 0 amide bonds. The summed E-state index contributed by atoms with van der Waals surface area (Å²) < 4.78 is 39.8. The minimum absolute atomic E-state index is 0.00566. The first-order chi connectivity index (χ1) is 8.85. The fraction of sp³-hybridized carbons (Fsp3) is 0.0769. The second-order valence-electron chi connectivity index (χ2n) is 3.73. The molecule has 0 spiro atoms. The van der Waals surface area contributed by atoms with Crippen LogP contribution in [-0.2, 0) is 0 Å². The van der Waals surface area contributed by atoms with E-state index in [2.05, 4.69) is 4.74 Å². The molecule has 0 radical (unpaired) electrons. The number of hydrogen-bond acceptors (Lipinski definition) is 2. The Kier molecular flexibility index (Phi) is 3.57. The number of halogens is 4. The lowest BCUT2D eigenvalue weighted by molar-refractivity contribution is -0.274. The van der Waals surface area contributed by atoms with Crippen molar-refractivity contribution in [3.05, 3.63) is 47.5 Å². The van der Waals surface area contributed by atoms with Crippen molar-refractivity contribution in [1.29, 1.82) is 0 Å². The van der Waals surface area contributed by atoms with E-state index in [0.29, 0.717) is 16.1 Å². The Labute approximate surface area is 112 Å². The smallest absolute Gasteiger partial charge is 0.507 e. The molecule has 2 rings (SSSR count). The van der Waals surface area contributed by atoms with Gasteiger partial charge in [-0.3, -0.25) is 0 Å². The average molecular weight is 289 g/mol. The summed E-state index contributed by atoms with van der Waals surface area (Å²) in [5.74, 6) is -0.327. The van der Waals surface area contributed by atoms with Gasteiger partial charge in [-0.05, 0) is 35.9 Å². The van der Waals surface area contributed by atoms with Crippen LogP contribution in [0.25, 0.3) is 11.1 Å². The molecular formula is C13H8ClF3O2. The Hall–Kier alpha value is -1.88. The molecule has 0 aliphatic carbocycles. The van der Waals surface area contributed by atoms with Gasteiger partial charge in [0.2, 0.25) is 0 Å². The molecule has 1 N–H and O–H groups in total.